The summed E-state index contributed by atoms with van der Waals surface area (Å²) in [7, 11) is 0. The molecule has 6 heteroatoms. The number of hydrogen-bond acceptors (Lipinski definition) is 5. The summed E-state index contributed by atoms with van der Waals surface area (Å²) in [5, 5.41) is 12.4. The lowest BCUT2D eigenvalue weighted by Gasteiger charge is -2.10. The molecule has 0 amide bonds. The average Bonchev–Trinajstić information content (AvgIpc) is 2.61. The zero-order valence-electron chi connectivity index (χ0n) is 9.85. The fourth-order valence-corrected chi connectivity index (χ4v) is 0.886. The van der Waals surface area contributed by atoms with Crippen LogP contribution < -0.4 is 0 Å². The van der Waals surface area contributed by atoms with Crippen LogP contribution in [0.25, 0.3) is 0 Å². The number of hydrogen-bond donors (Lipinski definition) is 1. The number of rotatable bonds is 4. The Hall–Kier alpha value is -1.43. The summed E-state index contributed by atoms with van der Waals surface area (Å²) in [4.78, 5) is 14.6. The molecule has 1 aromatic rings. The van der Waals surface area contributed by atoms with Crippen molar-refractivity contribution < 1.29 is 19.2 Å². The lowest BCUT2D eigenvalue weighted by Crippen LogP contribution is -2.19. The fourth-order valence-electron chi connectivity index (χ4n) is 0.886. The summed E-state index contributed by atoms with van der Waals surface area (Å²) < 4.78 is 9.96. The summed E-state index contributed by atoms with van der Waals surface area (Å²) in [6, 6.07) is 0. The molecule has 90 valence electrons. The third-order valence-electron chi connectivity index (χ3n) is 1.94. The van der Waals surface area contributed by atoms with Gasteiger partial charge in [0.1, 0.15) is 6.61 Å². The van der Waals surface area contributed by atoms with Gasteiger partial charge in [-0.2, -0.15) is 4.98 Å². The molecule has 0 aliphatic rings. The maximum Gasteiger partial charge on any atom is 0.332 e. The van der Waals surface area contributed by atoms with E-state index in [0.717, 1.165) is 0 Å². The topological polar surface area (TPSA) is 85.5 Å². The first-order valence-electron chi connectivity index (χ1n) is 4.98. The second kappa shape index (κ2) is 4.61. The maximum absolute atomic E-state index is 10.5. The van der Waals surface area contributed by atoms with Crippen LogP contribution in [0, 0.1) is 0 Å². The van der Waals surface area contributed by atoms with E-state index in [9.17, 15) is 4.79 Å². The quantitative estimate of drug-likeness (QED) is 0.837. The van der Waals surface area contributed by atoms with Crippen molar-refractivity contribution in [3.63, 3.8) is 0 Å². The highest BCUT2D eigenvalue weighted by Gasteiger charge is 2.21. The van der Waals surface area contributed by atoms with Gasteiger partial charge in [0.2, 0.25) is 0 Å². The van der Waals surface area contributed by atoms with Crippen molar-refractivity contribution in [1.29, 1.82) is 0 Å². The van der Waals surface area contributed by atoms with E-state index in [1.54, 1.807) is 0 Å². The first-order chi connectivity index (χ1) is 7.30. The van der Waals surface area contributed by atoms with Crippen LogP contribution in [0.1, 0.15) is 39.4 Å². The van der Waals surface area contributed by atoms with Gasteiger partial charge in [-0.05, 0) is 6.92 Å². The lowest BCUT2D eigenvalue weighted by atomic mass is 9.96. The van der Waals surface area contributed by atoms with Gasteiger partial charge in [-0.3, -0.25) is 0 Å². The molecule has 0 spiro atoms. The molecular weight excluding hydrogens is 212 g/mol. The molecule has 0 unspecified atom stereocenters. The molecule has 1 heterocycles. The van der Waals surface area contributed by atoms with Crippen molar-refractivity contribution in [3.05, 3.63) is 11.7 Å². The van der Waals surface area contributed by atoms with Crippen molar-refractivity contribution in [3.8, 4) is 0 Å². The van der Waals surface area contributed by atoms with Gasteiger partial charge in [0.15, 0.2) is 11.9 Å². The molecule has 0 aliphatic carbocycles. The summed E-state index contributed by atoms with van der Waals surface area (Å²) >= 11 is 0. The van der Waals surface area contributed by atoms with Gasteiger partial charge in [-0.15, -0.1) is 0 Å². The summed E-state index contributed by atoms with van der Waals surface area (Å²) in [6.07, 6.45) is -0.884. The Morgan fingerprint density at radius 1 is 1.56 bits per heavy atom. The summed E-state index contributed by atoms with van der Waals surface area (Å²) in [5.74, 6) is -0.150. The number of nitrogens with zero attached hydrogens (tertiary/aromatic N) is 2. The zero-order valence-corrected chi connectivity index (χ0v) is 9.85. The normalized spacial score (nSPS) is 13.8. The maximum atomic E-state index is 10.5. The molecule has 0 aliphatic heterocycles. The molecule has 1 aromatic heterocycles. The second-order valence-corrected chi connectivity index (χ2v) is 4.55. The van der Waals surface area contributed by atoms with Crippen LogP contribution in [0.15, 0.2) is 4.52 Å². The Morgan fingerprint density at radius 3 is 2.62 bits per heavy atom. The molecule has 1 atom stereocenters. The van der Waals surface area contributed by atoms with Crippen molar-refractivity contribution in [2.24, 2.45) is 0 Å². The molecule has 1 N–H and O–H groups in total. The number of carboxylic acid groups (broad SMARTS) is 1. The highest BCUT2D eigenvalue weighted by atomic mass is 16.5. The van der Waals surface area contributed by atoms with Crippen LogP contribution in [0.2, 0.25) is 0 Å². The van der Waals surface area contributed by atoms with Crippen LogP contribution in [-0.2, 0) is 21.6 Å². The highest BCUT2D eigenvalue weighted by Crippen LogP contribution is 2.18. The van der Waals surface area contributed by atoms with Gasteiger partial charge >= 0.3 is 5.97 Å². The molecule has 16 heavy (non-hydrogen) atoms. The van der Waals surface area contributed by atoms with Crippen molar-refractivity contribution >= 4 is 5.97 Å². The number of carbonyl (C=O) groups is 1. The van der Waals surface area contributed by atoms with Crippen LogP contribution in [0.5, 0.6) is 0 Å². The molecule has 0 saturated heterocycles. The first-order valence-corrected chi connectivity index (χ1v) is 4.98. The first kappa shape index (κ1) is 12.6. The van der Waals surface area contributed by atoms with E-state index >= 15 is 0 Å². The van der Waals surface area contributed by atoms with Crippen LogP contribution in [0.4, 0.5) is 0 Å². The van der Waals surface area contributed by atoms with E-state index in [1.807, 2.05) is 20.8 Å². The van der Waals surface area contributed by atoms with Crippen LogP contribution in [0.3, 0.4) is 0 Å². The minimum atomic E-state index is -1.02. The van der Waals surface area contributed by atoms with Gasteiger partial charge < -0.3 is 14.4 Å². The van der Waals surface area contributed by atoms with Gasteiger partial charge in [-0.25, -0.2) is 4.79 Å². The fraction of sp³-hybridized carbons (Fsp3) is 0.700. The largest absolute Gasteiger partial charge is 0.479 e. The smallest absolute Gasteiger partial charge is 0.332 e. The number of carboxylic acids is 1. The summed E-state index contributed by atoms with van der Waals surface area (Å²) in [5.41, 5.74) is -0.194. The molecule has 0 saturated carbocycles. The Bertz CT molecular complexity index is 367. The third-order valence-corrected chi connectivity index (χ3v) is 1.94. The predicted molar refractivity (Wildman–Crippen MR) is 54.9 cm³/mol. The highest BCUT2D eigenvalue weighted by molar-refractivity contribution is 5.71. The van der Waals surface area contributed by atoms with E-state index < -0.39 is 12.1 Å². The Balaban J connectivity index is 2.57. The van der Waals surface area contributed by atoms with Crippen molar-refractivity contribution in [2.75, 3.05) is 0 Å². The Morgan fingerprint density at radius 2 is 2.19 bits per heavy atom. The minimum Gasteiger partial charge on any atom is -0.479 e. The monoisotopic (exact) mass is 228 g/mol. The molecule has 6 nitrogen and oxygen atoms in total. The van der Waals surface area contributed by atoms with Crippen LogP contribution >= 0.6 is 0 Å². The number of aliphatic carboxylic acids is 1. The van der Waals surface area contributed by atoms with Gasteiger partial charge in [-0.1, -0.05) is 25.9 Å². The molecule has 0 radical (unpaired) electrons. The van der Waals surface area contributed by atoms with E-state index in [4.69, 9.17) is 14.4 Å². The number of ether oxygens (including phenoxy) is 1. The molecule has 0 aromatic carbocycles. The summed E-state index contributed by atoms with van der Waals surface area (Å²) in [6.45, 7) is 7.34. The van der Waals surface area contributed by atoms with E-state index in [0.29, 0.717) is 5.82 Å². The van der Waals surface area contributed by atoms with Crippen molar-refractivity contribution in [2.45, 2.75) is 45.8 Å². The molecule has 0 bridgehead atoms. The van der Waals surface area contributed by atoms with Crippen LogP contribution in [-0.4, -0.2) is 27.3 Å². The lowest BCUT2D eigenvalue weighted by molar-refractivity contribution is -0.150. The van der Waals surface area contributed by atoms with E-state index in [-0.39, 0.29) is 17.9 Å². The van der Waals surface area contributed by atoms with E-state index in [1.165, 1.54) is 6.92 Å². The predicted octanol–water partition coefficient (Wildman–Crippen LogP) is 1.36. The van der Waals surface area contributed by atoms with Gasteiger partial charge in [0.05, 0.1) is 0 Å². The minimum absolute atomic E-state index is 0.0105. The molecular formula is C10H16N2O4. The van der Waals surface area contributed by atoms with E-state index in [2.05, 4.69) is 10.1 Å². The molecule has 1 rings (SSSR count). The Labute approximate surface area is 93.6 Å². The van der Waals surface area contributed by atoms with Crippen molar-refractivity contribution in [1.82, 2.24) is 10.1 Å². The number of aromatic nitrogens is 2. The second-order valence-electron chi connectivity index (χ2n) is 4.55. The molecule has 0 fully saturated rings. The standard InChI is InChI=1S/C10H16N2O4/c1-6(8(13)14)15-5-7-11-9(12-16-7)10(2,3)4/h6H,5H2,1-4H3,(H,13,14)/t6-/m1/s1. The van der Waals surface area contributed by atoms with Gasteiger partial charge in [0, 0.05) is 5.41 Å². The Kier molecular flexibility index (Phi) is 3.64. The average molecular weight is 228 g/mol. The van der Waals surface area contributed by atoms with Gasteiger partial charge in [0.25, 0.3) is 5.89 Å². The zero-order chi connectivity index (χ0) is 12.3. The SMILES string of the molecule is C[C@@H](OCc1nc(C(C)(C)C)no1)C(=O)O. The third kappa shape index (κ3) is 3.30.